The van der Waals surface area contributed by atoms with Crippen LogP contribution in [0.3, 0.4) is 0 Å². The third-order valence-electron chi connectivity index (χ3n) is 4.69. The lowest BCUT2D eigenvalue weighted by Gasteiger charge is -2.29. The molecule has 0 saturated carbocycles. The van der Waals surface area contributed by atoms with Gasteiger partial charge in [-0.1, -0.05) is 6.07 Å². The van der Waals surface area contributed by atoms with Crippen molar-refractivity contribution in [3.63, 3.8) is 0 Å². The number of anilines is 1. The number of carboxylic acid groups (broad SMARTS) is 1. The Morgan fingerprint density at radius 1 is 1.25 bits per heavy atom. The van der Waals surface area contributed by atoms with Crippen molar-refractivity contribution >= 4 is 27.6 Å². The number of hydrogen-bond acceptors (Lipinski definition) is 4. The summed E-state index contributed by atoms with van der Waals surface area (Å²) >= 11 is 0. The quantitative estimate of drug-likeness (QED) is 0.878. The number of amides is 1. The molecule has 1 amide bonds. The average molecular weight is 352 g/mol. The minimum absolute atomic E-state index is 0.00876. The molecular formula is C16H20N2O5S. The predicted molar refractivity (Wildman–Crippen MR) is 87.3 cm³/mol. The molecule has 8 heteroatoms. The second kappa shape index (κ2) is 6.18. The summed E-state index contributed by atoms with van der Waals surface area (Å²) in [5.74, 6) is -1.75. The summed E-state index contributed by atoms with van der Waals surface area (Å²) in [5, 5.41) is 9.06. The molecule has 1 saturated heterocycles. The van der Waals surface area contributed by atoms with E-state index in [1.165, 1.54) is 11.2 Å². The standard InChI is InChI=1S/C16H20N2O5S/c1-11(19)18-7-2-3-12-4-5-14(9-15(12)18)24(22,23)17-8-6-13(10-17)16(20)21/h4-5,9,13H,2-3,6-8,10H2,1H3,(H,20,21). The van der Waals surface area contributed by atoms with Gasteiger partial charge in [-0.05, 0) is 37.0 Å². The van der Waals surface area contributed by atoms with Crippen molar-refractivity contribution in [2.75, 3.05) is 24.5 Å². The van der Waals surface area contributed by atoms with Gasteiger partial charge in [-0.25, -0.2) is 8.42 Å². The molecule has 1 fully saturated rings. The Kier molecular flexibility index (Phi) is 4.35. The Hall–Kier alpha value is -1.93. The largest absolute Gasteiger partial charge is 0.481 e. The van der Waals surface area contributed by atoms with Crippen LogP contribution < -0.4 is 4.90 Å². The summed E-state index contributed by atoms with van der Waals surface area (Å²) in [4.78, 5) is 24.6. The first-order valence-corrected chi connectivity index (χ1v) is 9.38. The summed E-state index contributed by atoms with van der Waals surface area (Å²) in [7, 11) is -3.76. The summed E-state index contributed by atoms with van der Waals surface area (Å²) in [5.41, 5.74) is 1.60. The first kappa shape index (κ1) is 16.9. The Bertz CT molecular complexity index is 790. The van der Waals surface area contributed by atoms with E-state index in [0.29, 0.717) is 18.7 Å². The molecule has 2 aliphatic rings. The van der Waals surface area contributed by atoms with Gasteiger partial charge in [0.2, 0.25) is 15.9 Å². The maximum absolute atomic E-state index is 12.8. The summed E-state index contributed by atoms with van der Waals surface area (Å²) < 4.78 is 26.8. The topological polar surface area (TPSA) is 95.0 Å². The summed E-state index contributed by atoms with van der Waals surface area (Å²) in [6.45, 7) is 2.24. The van der Waals surface area contributed by atoms with Crippen LogP contribution in [-0.2, 0) is 26.0 Å². The lowest BCUT2D eigenvalue weighted by Crippen LogP contribution is -2.34. The van der Waals surface area contributed by atoms with Crippen LogP contribution in [0.15, 0.2) is 23.1 Å². The predicted octanol–water partition coefficient (Wildman–Crippen LogP) is 1.08. The van der Waals surface area contributed by atoms with Crippen LogP contribution in [0.5, 0.6) is 0 Å². The van der Waals surface area contributed by atoms with Crippen LogP contribution in [0.1, 0.15) is 25.3 Å². The van der Waals surface area contributed by atoms with E-state index < -0.39 is 21.9 Å². The van der Waals surface area contributed by atoms with Crippen molar-refractivity contribution < 1.29 is 23.1 Å². The van der Waals surface area contributed by atoms with Crippen molar-refractivity contribution in [1.82, 2.24) is 4.31 Å². The SMILES string of the molecule is CC(=O)N1CCCc2ccc(S(=O)(=O)N3CCC(C(=O)O)C3)cc21. The maximum Gasteiger partial charge on any atom is 0.307 e. The van der Waals surface area contributed by atoms with E-state index >= 15 is 0 Å². The molecule has 24 heavy (non-hydrogen) atoms. The molecule has 1 N–H and O–H groups in total. The highest BCUT2D eigenvalue weighted by Gasteiger charge is 2.36. The van der Waals surface area contributed by atoms with Crippen LogP contribution >= 0.6 is 0 Å². The maximum atomic E-state index is 12.8. The zero-order valence-electron chi connectivity index (χ0n) is 13.4. The monoisotopic (exact) mass is 352 g/mol. The van der Waals surface area contributed by atoms with Gasteiger partial charge in [-0.15, -0.1) is 0 Å². The van der Waals surface area contributed by atoms with E-state index in [2.05, 4.69) is 0 Å². The van der Waals surface area contributed by atoms with Gasteiger partial charge >= 0.3 is 5.97 Å². The molecule has 1 aromatic carbocycles. The fourth-order valence-corrected chi connectivity index (χ4v) is 4.86. The minimum atomic E-state index is -3.76. The highest BCUT2D eigenvalue weighted by molar-refractivity contribution is 7.89. The molecule has 1 atom stereocenters. The van der Waals surface area contributed by atoms with E-state index in [-0.39, 0.29) is 23.9 Å². The lowest BCUT2D eigenvalue weighted by atomic mass is 10.0. The zero-order valence-corrected chi connectivity index (χ0v) is 14.3. The first-order chi connectivity index (χ1) is 11.3. The third kappa shape index (κ3) is 2.91. The molecule has 0 spiro atoms. The number of aryl methyl sites for hydroxylation is 1. The summed E-state index contributed by atoms with van der Waals surface area (Å²) in [6.07, 6.45) is 1.98. The van der Waals surface area contributed by atoms with Crippen LogP contribution in [0.4, 0.5) is 5.69 Å². The molecule has 2 aliphatic heterocycles. The molecule has 1 aromatic rings. The van der Waals surface area contributed by atoms with Gasteiger partial charge < -0.3 is 10.0 Å². The molecule has 0 aromatic heterocycles. The highest BCUT2D eigenvalue weighted by Crippen LogP contribution is 2.32. The number of hydrogen-bond donors (Lipinski definition) is 1. The molecule has 0 aliphatic carbocycles. The van der Waals surface area contributed by atoms with E-state index in [1.807, 2.05) is 0 Å². The Balaban J connectivity index is 1.94. The van der Waals surface area contributed by atoms with Gasteiger partial charge in [0.25, 0.3) is 0 Å². The number of sulfonamides is 1. The number of nitrogens with zero attached hydrogens (tertiary/aromatic N) is 2. The second-order valence-electron chi connectivity index (χ2n) is 6.25. The number of rotatable bonds is 3. The number of carbonyl (C=O) groups excluding carboxylic acids is 1. The first-order valence-electron chi connectivity index (χ1n) is 7.94. The average Bonchev–Trinajstić information content (AvgIpc) is 3.04. The Labute approximate surface area is 140 Å². The van der Waals surface area contributed by atoms with Gasteiger partial charge in [0.15, 0.2) is 0 Å². The van der Waals surface area contributed by atoms with Crippen molar-refractivity contribution in [1.29, 1.82) is 0 Å². The molecular weight excluding hydrogens is 332 g/mol. The van der Waals surface area contributed by atoms with Gasteiger partial charge in [-0.3, -0.25) is 9.59 Å². The number of aliphatic carboxylic acids is 1. The second-order valence-corrected chi connectivity index (χ2v) is 8.19. The van der Waals surface area contributed by atoms with Gasteiger partial charge in [-0.2, -0.15) is 4.31 Å². The van der Waals surface area contributed by atoms with Crippen molar-refractivity contribution in [2.45, 2.75) is 31.1 Å². The van der Waals surface area contributed by atoms with E-state index in [0.717, 1.165) is 18.4 Å². The minimum Gasteiger partial charge on any atom is -0.481 e. The van der Waals surface area contributed by atoms with E-state index in [1.54, 1.807) is 23.1 Å². The van der Waals surface area contributed by atoms with Crippen molar-refractivity contribution in [3.05, 3.63) is 23.8 Å². The van der Waals surface area contributed by atoms with Crippen LogP contribution in [0, 0.1) is 5.92 Å². The number of benzene rings is 1. The van der Waals surface area contributed by atoms with E-state index in [4.69, 9.17) is 5.11 Å². The third-order valence-corrected chi connectivity index (χ3v) is 6.55. The molecule has 130 valence electrons. The van der Waals surface area contributed by atoms with Crippen LogP contribution in [0.25, 0.3) is 0 Å². The van der Waals surface area contributed by atoms with Crippen molar-refractivity contribution in [2.24, 2.45) is 5.92 Å². The van der Waals surface area contributed by atoms with Crippen LogP contribution in [0.2, 0.25) is 0 Å². The smallest absolute Gasteiger partial charge is 0.307 e. The molecule has 1 unspecified atom stereocenters. The van der Waals surface area contributed by atoms with Crippen molar-refractivity contribution in [3.8, 4) is 0 Å². The number of carboxylic acids is 1. The fraction of sp³-hybridized carbons (Fsp3) is 0.500. The zero-order chi connectivity index (χ0) is 17.5. The fourth-order valence-electron chi connectivity index (χ4n) is 3.34. The normalized spacial score (nSPS) is 21.5. The van der Waals surface area contributed by atoms with Gasteiger partial charge in [0.1, 0.15) is 0 Å². The Morgan fingerprint density at radius 2 is 2.00 bits per heavy atom. The number of fused-ring (bicyclic) bond motifs is 1. The van der Waals surface area contributed by atoms with E-state index in [9.17, 15) is 18.0 Å². The highest BCUT2D eigenvalue weighted by atomic mass is 32.2. The Morgan fingerprint density at radius 3 is 2.62 bits per heavy atom. The van der Waals surface area contributed by atoms with Gasteiger partial charge in [0, 0.05) is 32.2 Å². The van der Waals surface area contributed by atoms with Gasteiger partial charge in [0.05, 0.1) is 10.8 Å². The molecule has 7 nitrogen and oxygen atoms in total. The molecule has 3 rings (SSSR count). The number of carbonyl (C=O) groups is 2. The summed E-state index contributed by atoms with van der Waals surface area (Å²) in [6, 6.07) is 4.84. The molecule has 0 radical (unpaired) electrons. The lowest BCUT2D eigenvalue weighted by molar-refractivity contribution is -0.141. The van der Waals surface area contributed by atoms with Crippen LogP contribution in [-0.4, -0.2) is 49.3 Å². The molecule has 2 heterocycles. The molecule has 0 bridgehead atoms.